The van der Waals surface area contributed by atoms with Gasteiger partial charge in [0.25, 0.3) is 5.91 Å². The quantitative estimate of drug-likeness (QED) is 0.413. The third kappa shape index (κ3) is 6.67. The maximum absolute atomic E-state index is 13.8. The van der Waals surface area contributed by atoms with Gasteiger partial charge in [-0.15, -0.1) is 0 Å². The van der Waals surface area contributed by atoms with Crippen molar-refractivity contribution in [3.05, 3.63) is 77.9 Å². The van der Waals surface area contributed by atoms with Gasteiger partial charge in [0, 0.05) is 11.4 Å². The summed E-state index contributed by atoms with van der Waals surface area (Å²) in [6.07, 6.45) is -0.573. The predicted octanol–water partition coefficient (Wildman–Crippen LogP) is 5.94. The van der Waals surface area contributed by atoms with Crippen LogP contribution in [0.25, 0.3) is 0 Å². The second-order valence-corrected chi connectivity index (χ2v) is 8.08. The number of nitrogens with one attached hydrogen (secondary N) is 2. The van der Waals surface area contributed by atoms with Crippen LogP contribution in [0.1, 0.15) is 31.1 Å². The number of nitrogens with two attached hydrogens (primary N) is 1. The first-order valence-electron chi connectivity index (χ1n) is 9.94. The summed E-state index contributed by atoms with van der Waals surface area (Å²) in [5.74, 6) is -1.61. The molecular weight excluding hydrogens is 432 g/mol. The Morgan fingerprint density at radius 2 is 1.55 bits per heavy atom. The van der Waals surface area contributed by atoms with Crippen LogP contribution in [0.3, 0.4) is 0 Å². The molecule has 3 aromatic carbocycles. The molecular formula is C24H23F2N3O4. The number of rotatable bonds is 5. The topological polar surface area (TPSA) is 103 Å². The predicted molar refractivity (Wildman–Crippen MR) is 122 cm³/mol. The van der Waals surface area contributed by atoms with Gasteiger partial charge >= 0.3 is 6.09 Å². The Morgan fingerprint density at radius 1 is 0.879 bits per heavy atom. The van der Waals surface area contributed by atoms with E-state index < -0.39 is 34.8 Å². The molecule has 33 heavy (non-hydrogen) atoms. The molecule has 2 amide bonds. The summed E-state index contributed by atoms with van der Waals surface area (Å²) < 4.78 is 38.0. The maximum atomic E-state index is 13.8. The van der Waals surface area contributed by atoms with E-state index in [0.717, 1.165) is 18.2 Å². The van der Waals surface area contributed by atoms with Gasteiger partial charge in [0.1, 0.15) is 28.7 Å². The number of halogens is 2. The van der Waals surface area contributed by atoms with Crippen molar-refractivity contribution in [3.8, 4) is 11.5 Å². The first-order chi connectivity index (χ1) is 15.5. The molecule has 0 aliphatic carbocycles. The molecule has 172 valence electrons. The second kappa shape index (κ2) is 9.56. The molecule has 7 nitrogen and oxygen atoms in total. The molecule has 3 aromatic rings. The Balaban J connectivity index is 1.64. The number of ether oxygens (including phenoxy) is 2. The Morgan fingerprint density at radius 3 is 2.18 bits per heavy atom. The molecule has 9 heteroatoms. The summed E-state index contributed by atoms with van der Waals surface area (Å²) in [5, 5.41) is 5.08. The monoisotopic (exact) mass is 455 g/mol. The largest absolute Gasteiger partial charge is 0.455 e. The van der Waals surface area contributed by atoms with Gasteiger partial charge in [0.05, 0.1) is 11.3 Å². The molecule has 0 saturated carbocycles. The molecule has 0 fully saturated rings. The van der Waals surface area contributed by atoms with E-state index in [0.29, 0.717) is 17.2 Å². The zero-order valence-corrected chi connectivity index (χ0v) is 18.2. The van der Waals surface area contributed by atoms with Gasteiger partial charge in [-0.3, -0.25) is 10.1 Å². The van der Waals surface area contributed by atoms with Crippen LogP contribution in [0, 0.1) is 11.6 Å². The normalized spacial score (nSPS) is 10.9. The lowest BCUT2D eigenvalue weighted by Crippen LogP contribution is -2.27. The molecule has 0 bridgehead atoms. The third-order valence-electron chi connectivity index (χ3n) is 4.17. The van der Waals surface area contributed by atoms with Crippen molar-refractivity contribution in [1.82, 2.24) is 0 Å². The molecule has 0 aliphatic heterocycles. The van der Waals surface area contributed by atoms with Crippen LogP contribution in [0.5, 0.6) is 11.5 Å². The Hall–Kier alpha value is -4.14. The molecule has 0 spiro atoms. The van der Waals surface area contributed by atoms with Crippen molar-refractivity contribution in [2.75, 3.05) is 16.4 Å². The van der Waals surface area contributed by atoms with Crippen LogP contribution in [0.15, 0.2) is 60.7 Å². The number of carbonyl (C=O) groups excluding carboxylic acids is 2. The minimum absolute atomic E-state index is 0.212. The van der Waals surface area contributed by atoms with Gasteiger partial charge in [-0.1, -0.05) is 0 Å². The highest BCUT2D eigenvalue weighted by Gasteiger charge is 2.16. The first kappa shape index (κ1) is 23.5. The maximum Gasteiger partial charge on any atom is 0.412 e. The fourth-order valence-corrected chi connectivity index (χ4v) is 2.74. The van der Waals surface area contributed by atoms with E-state index >= 15 is 0 Å². The van der Waals surface area contributed by atoms with E-state index in [1.807, 2.05) is 0 Å². The van der Waals surface area contributed by atoms with Crippen LogP contribution in [-0.4, -0.2) is 17.6 Å². The van der Waals surface area contributed by atoms with Crippen LogP contribution < -0.4 is 21.1 Å². The molecule has 0 aromatic heterocycles. The number of anilines is 3. The Kier molecular flexibility index (Phi) is 6.81. The molecule has 4 N–H and O–H groups in total. The summed E-state index contributed by atoms with van der Waals surface area (Å²) in [7, 11) is 0. The number of hydrogen-bond donors (Lipinski definition) is 3. The lowest BCUT2D eigenvalue weighted by atomic mass is 10.2. The number of benzene rings is 3. The van der Waals surface area contributed by atoms with Crippen LogP contribution in [0.4, 0.5) is 30.6 Å². The fourth-order valence-electron chi connectivity index (χ4n) is 2.74. The summed E-state index contributed by atoms with van der Waals surface area (Å²) in [5.41, 5.74) is 5.99. The number of hydrogen-bond acceptors (Lipinski definition) is 5. The van der Waals surface area contributed by atoms with E-state index in [2.05, 4.69) is 10.6 Å². The molecule has 0 saturated heterocycles. The van der Waals surface area contributed by atoms with Gasteiger partial charge in [0.15, 0.2) is 0 Å². The zero-order chi connectivity index (χ0) is 24.2. The van der Waals surface area contributed by atoms with E-state index in [4.69, 9.17) is 15.2 Å². The Labute approximate surface area is 189 Å². The minimum Gasteiger partial charge on any atom is -0.455 e. The van der Waals surface area contributed by atoms with E-state index in [-0.39, 0.29) is 11.4 Å². The molecule has 0 heterocycles. The standard InChI is InChI=1S/C24H23F2N3O4/c1-24(2,3)33-23(31)29-15-5-8-17(9-6-15)32-21-11-7-16(13-20(21)27)28-22(30)18-12-14(25)4-10-19(18)26/h4-13H,27H2,1-3H3,(H,28,30)(H,29,31). The van der Waals surface area contributed by atoms with E-state index in [1.54, 1.807) is 45.0 Å². The van der Waals surface area contributed by atoms with E-state index in [1.165, 1.54) is 18.2 Å². The zero-order valence-electron chi connectivity index (χ0n) is 18.2. The number of amides is 2. The lowest BCUT2D eigenvalue weighted by molar-refractivity contribution is 0.0635. The third-order valence-corrected chi connectivity index (χ3v) is 4.17. The smallest absolute Gasteiger partial charge is 0.412 e. The van der Waals surface area contributed by atoms with Crippen LogP contribution >= 0.6 is 0 Å². The highest BCUT2D eigenvalue weighted by atomic mass is 19.1. The van der Waals surface area contributed by atoms with Gasteiger partial charge in [-0.05, 0) is 81.4 Å². The second-order valence-electron chi connectivity index (χ2n) is 8.08. The molecule has 3 rings (SSSR count). The molecule has 0 atom stereocenters. The van der Waals surface area contributed by atoms with Gasteiger partial charge in [-0.25, -0.2) is 13.6 Å². The Bertz CT molecular complexity index is 1180. The summed E-state index contributed by atoms with van der Waals surface area (Å²) >= 11 is 0. The van der Waals surface area contributed by atoms with Gasteiger partial charge in [0.2, 0.25) is 0 Å². The molecule has 0 aliphatic rings. The highest BCUT2D eigenvalue weighted by molar-refractivity contribution is 6.04. The lowest BCUT2D eigenvalue weighted by Gasteiger charge is -2.19. The average molecular weight is 455 g/mol. The number of nitrogen functional groups attached to an aromatic ring is 1. The number of carbonyl (C=O) groups is 2. The minimum atomic E-state index is -0.841. The fraction of sp³-hybridized carbons (Fsp3) is 0.167. The van der Waals surface area contributed by atoms with E-state index in [9.17, 15) is 18.4 Å². The van der Waals surface area contributed by atoms with Gasteiger partial charge < -0.3 is 20.5 Å². The van der Waals surface area contributed by atoms with Crippen molar-refractivity contribution in [1.29, 1.82) is 0 Å². The van der Waals surface area contributed by atoms with Crippen molar-refractivity contribution >= 4 is 29.1 Å². The van der Waals surface area contributed by atoms with Crippen LogP contribution in [-0.2, 0) is 4.74 Å². The summed E-state index contributed by atoms with van der Waals surface area (Å²) in [4.78, 5) is 24.1. The average Bonchev–Trinajstić information content (AvgIpc) is 2.71. The highest BCUT2D eigenvalue weighted by Crippen LogP contribution is 2.31. The van der Waals surface area contributed by atoms with Crippen LogP contribution in [0.2, 0.25) is 0 Å². The molecule has 0 unspecified atom stereocenters. The van der Waals surface area contributed by atoms with Crippen molar-refractivity contribution in [3.63, 3.8) is 0 Å². The van der Waals surface area contributed by atoms with Gasteiger partial charge in [-0.2, -0.15) is 0 Å². The molecule has 0 radical (unpaired) electrons. The SMILES string of the molecule is CC(C)(C)OC(=O)Nc1ccc(Oc2ccc(NC(=O)c3cc(F)ccc3F)cc2N)cc1. The van der Waals surface area contributed by atoms with Crippen molar-refractivity contribution in [2.45, 2.75) is 26.4 Å². The van der Waals surface area contributed by atoms with Crippen molar-refractivity contribution in [2.24, 2.45) is 0 Å². The summed E-state index contributed by atoms with van der Waals surface area (Å²) in [6, 6.07) is 13.6. The summed E-state index contributed by atoms with van der Waals surface area (Å²) in [6.45, 7) is 5.30. The van der Waals surface area contributed by atoms with Crippen molar-refractivity contribution < 1.29 is 27.8 Å². The first-order valence-corrected chi connectivity index (χ1v) is 9.94.